The predicted octanol–water partition coefficient (Wildman–Crippen LogP) is 0.933. The number of hydrogen-bond acceptors (Lipinski definition) is 4. The van der Waals surface area contributed by atoms with E-state index in [9.17, 15) is 10.1 Å². The SMILES string of the molecule is O=[N+]([O-])c1ccn(CC2CCCCN2)n1. The van der Waals surface area contributed by atoms with Crippen LogP contribution in [0.2, 0.25) is 0 Å². The summed E-state index contributed by atoms with van der Waals surface area (Å²) in [7, 11) is 0. The van der Waals surface area contributed by atoms with Crippen molar-refractivity contribution in [1.29, 1.82) is 0 Å². The standard InChI is InChI=1S/C9H14N4O2/c14-13(15)9-4-6-12(11-9)7-8-3-1-2-5-10-8/h4,6,8,10H,1-3,5,7H2. The Morgan fingerprint density at radius 3 is 3.13 bits per heavy atom. The summed E-state index contributed by atoms with van der Waals surface area (Å²) < 4.78 is 1.64. The van der Waals surface area contributed by atoms with Crippen LogP contribution in [-0.4, -0.2) is 27.3 Å². The number of piperidine rings is 1. The van der Waals surface area contributed by atoms with Crippen LogP contribution in [0, 0.1) is 10.1 Å². The molecular formula is C9H14N4O2. The first-order valence-corrected chi connectivity index (χ1v) is 5.17. The summed E-state index contributed by atoms with van der Waals surface area (Å²) in [5, 5.41) is 17.7. The van der Waals surface area contributed by atoms with Crippen LogP contribution in [0.1, 0.15) is 19.3 Å². The van der Waals surface area contributed by atoms with Crippen molar-refractivity contribution in [2.24, 2.45) is 0 Å². The maximum Gasteiger partial charge on any atom is 0.389 e. The highest BCUT2D eigenvalue weighted by Gasteiger charge is 2.17. The molecule has 1 saturated heterocycles. The molecule has 1 aliphatic rings. The Labute approximate surface area is 87.4 Å². The van der Waals surface area contributed by atoms with Crippen LogP contribution in [0.25, 0.3) is 0 Å². The van der Waals surface area contributed by atoms with Gasteiger partial charge in [0, 0.05) is 6.04 Å². The molecule has 1 unspecified atom stereocenters. The summed E-state index contributed by atoms with van der Waals surface area (Å²) in [6.45, 7) is 1.75. The third kappa shape index (κ3) is 2.53. The van der Waals surface area contributed by atoms with E-state index in [1.165, 1.54) is 18.9 Å². The lowest BCUT2D eigenvalue weighted by molar-refractivity contribution is -0.389. The molecule has 1 aromatic rings. The van der Waals surface area contributed by atoms with Crippen molar-refractivity contribution in [3.63, 3.8) is 0 Å². The molecule has 1 N–H and O–H groups in total. The van der Waals surface area contributed by atoms with Crippen LogP contribution in [0.15, 0.2) is 12.3 Å². The van der Waals surface area contributed by atoms with Crippen molar-refractivity contribution in [2.75, 3.05) is 6.54 Å². The van der Waals surface area contributed by atoms with Gasteiger partial charge in [-0.05, 0) is 24.3 Å². The van der Waals surface area contributed by atoms with Gasteiger partial charge in [-0.2, -0.15) is 4.68 Å². The van der Waals surface area contributed by atoms with Gasteiger partial charge in [0.2, 0.25) is 0 Å². The molecule has 1 atom stereocenters. The summed E-state index contributed by atoms with van der Waals surface area (Å²) in [6, 6.07) is 1.83. The van der Waals surface area contributed by atoms with Gasteiger partial charge in [-0.15, -0.1) is 0 Å². The highest BCUT2D eigenvalue weighted by atomic mass is 16.6. The second-order valence-electron chi connectivity index (χ2n) is 3.80. The minimum atomic E-state index is -0.467. The first kappa shape index (κ1) is 10.1. The molecule has 0 radical (unpaired) electrons. The predicted molar refractivity (Wildman–Crippen MR) is 54.5 cm³/mol. The zero-order valence-corrected chi connectivity index (χ0v) is 8.43. The van der Waals surface area contributed by atoms with Crippen LogP contribution in [0.4, 0.5) is 5.82 Å². The van der Waals surface area contributed by atoms with Gasteiger partial charge in [0.05, 0.1) is 23.9 Å². The maximum atomic E-state index is 10.4. The van der Waals surface area contributed by atoms with Crippen LogP contribution < -0.4 is 5.32 Å². The summed E-state index contributed by atoms with van der Waals surface area (Å²) in [4.78, 5) is 9.95. The van der Waals surface area contributed by atoms with Crippen LogP contribution in [0.3, 0.4) is 0 Å². The lowest BCUT2D eigenvalue weighted by Gasteiger charge is -2.22. The Bertz CT molecular complexity index is 344. The Morgan fingerprint density at radius 2 is 2.53 bits per heavy atom. The lowest BCUT2D eigenvalue weighted by Crippen LogP contribution is -2.37. The second kappa shape index (κ2) is 4.39. The minimum Gasteiger partial charge on any atom is -0.358 e. The van der Waals surface area contributed by atoms with E-state index in [0.29, 0.717) is 12.6 Å². The normalized spacial score (nSPS) is 21.5. The van der Waals surface area contributed by atoms with Gasteiger partial charge in [-0.1, -0.05) is 6.42 Å². The summed E-state index contributed by atoms with van der Waals surface area (Å²) >= 11 is 0. The minimum absolute atomic E-state index is 0.0780. The first-order valence-electron chi connectivity index (χ1n) is 5.17. The molecule has 6 nitrogen and oxygen atoms in total. The van der Waals surface area contributed by atoms with Crippen molar-refractivity contribution in [1.82, 2.24) is 15.1 Å². The molecular weight excluding hydrogens is 196 g/mol. The van der Waals surface area contributed by atoms with E-state index in [-0.39, 0.29) is 5.82 Å². The molecule has 0 aromatic carbocycles. The number of nitrogens with zero attached hydrogens (tertiary/aromatic N) is 3. The third-order valence-corrected chi connectivity index (χ3v) is 2.63. The smallest absolute Gasteiger partial charge is 0.358 e. The fourth-order valence-corrected chi connectivity index (χ4v) is 1.86. The molecule has 0 saturated carbocycles. The Kier molecular flexibility index (Phi) is 2.96. The maximum absolute atomic E-state index is 10.4. The highest BCUT2D eigenvalue weighted by Crippen LogP contribution is 2.10. The monoisotopic (exact) mass is 210 g/mol. The van der Waals surface area contributed by atoms with Crippen molar-refractivity contribution >= 4 is 5.82 Å². The quantitative estimate of drug-likeness (QED) is 0.595. The van der Waals surface area contributed by atoms with Crippen molar-refractivity contribution in [2.45, 2.75) is 31.8 Å². The van der Waals surface area contributed by atoms with E-state index >= 15 is 0 Å². The first-order chi connectivity index (χ1) is 7.25. The van der Waals surface area contributed by atoms with Gasteiger partial charge < -0.3 is 15.4 Å². The Hall–Kier alpha value is -1.43. The summed E-state index contributed by atoms with van der Waals surface area (Å²) in [5.41, 5.74) is 0. The van der Waals surface area contributed by atoms with E-state index in [1.807, 2.05) is 0 Å². The molecule has 0 bridgehead atoms. The third-order valence-electron chi connectivity index (χ3n) is 2.63. The van der Waals surface area contributed by atoms with Crippen LogP contribution in [-0.2, 0) is 6.54 Å². The van der Waals surface area contributed by atoms with Crippen molar-refractivity contribution in [3.05, 3.63) is 22.4 Å². The van der Waals surface area contributed by atoms with Gasteiger partial charge in [0.1, 0.15) is 0 Å². The second-order valence-corrected chi connectivity index (χ2v) is 3.80. The van der Waals surface area contributed by atoms with Gasteiger partial charge in [0.15, 0.2) is 0 Å². The average molecular weight is 210 g/mol. The Balaban J connectivity index is 1.94. The van der Waals surface area contributed by atoms with E-state index in [0.717, 1.165) is 13.0 Å². The topological polar surface area (TPSA) is 73.0 Å². The zero-order chi connectivity index (χ0) is 10.7. The van der Waals surface area contributed by atoms with Crippen LogP contribution >= 0.6 is 0 Å². The number of aromatic nitrogens is 2. The molecule has 2 rings (SSSR count). The zero-order valence-electron chi connectivity index (χ0n) is 8.43. The highest BCUT2D eigenvalue weighted by molar-refractivity contribution is 5.14. The molecule has 0 spiro atoms. The largest absolute Gasteiger partial charge is 0.389 e. The molecule has 1 fully saturated rings. The van der Waals surface area contributed by atoms with Crippen LogP contribution in [0.5, 0.6) is 0 Å². The number of nitrogens with one attached hydrogen (secondary N) is 1. The summed E-state index contributed by atoms with van der Waals surface area (Å²) in [6.07, 6.45) is 5.22. The molecule has 82 valence electrons. The fraction of sp³-hybridized carbons (Fsp3) is 0.667. The number of hydrogen-bond donors (Lipinski definition) is 1. The number of rotatable bonds is 3. The number of nitro groups is 1. The van der Waals surface area contributed by atoms with E-state index in [4.69, 9.17) is 0 Å². The van der Waals surface area contributed by atoms with Crippen molar-refractivity contribution in [3.8, 4) is 0 Å². The molecule has 0 amide bonds. The molecule has 0 aliphatic carbocycles. The molecule has 15 heavy (non-hydrogen) atoms. The molecule has 6 heteroatoms. The molecule has 1 aliphatic heterocycles. The van der Waals surface area contributed by atoms with Gasteiger partial charge in [0.25, 0.3) is 0 Å². The van der Waals surface area contributed by atoms with E-state index in [2.05, 4.69) is 10.4 Å². The van der Waals surface area contributed by atoms with Gasteiger partial charge >= 0.3 is 5.82 Å². The summed E-state index contributed by atoms with van der Waals surface area (Å²) in [5.74, 6) is -0.0780. The van der Waals surface area contributed by atoms with Crippen molar-refractivity contribution < 1.29 is 4.92 Å². The lowest BCUT2D eigenvalue weighted by atomic mass is 10.1. The van der Waals surface area contributed by atoms with Gasteiger partial charge in [-0.25, -0.2) is 0 Å². The van der Waals surface area contributed by atoms with E-state index in [1.54, 1.807) is 10.9 Å². The van der Waals surface area contributed by atoms with E-state index < -0.39 is 4.92 Å². The Morgan fingerprint density at radius 1 is 1.67 bits per heavy atom. The molecule has 1 aromatic heterocycles. The average Bonchev–Trinajstić information content (AvgIpc) is 2.68. The molecule has 2 heterocycles. The van der Waals surface area contributed by atoms with Gasteiger partial charge in [-0.3, -0.25) is 0 Å². The fourth-order valence-electron chi connectivity index (χ4n) is 1.86.